The molecule has 0 aliphatic carbocycles. The van der Waals surface area contributed by atoms with Gasteiger partial charge in [-0.15, -0.1) is 10.2 Å². The molecule has 4 rings (SSSR count). The van der Waals surface area contributed by atoms with E-state index in [-0.39, 0.29) is 5.78 Å². The van der Waals surface area contributed by atoms with Gasteiger partial charge >= 0.3 is 0 Å². The molecule has 0 fully saturated rings. The molecule has 0 N–H and O–H groups in total. The monoisotopic (exact) mass is 480 g/mol. The fourth-order valence-electron chi connectivity index (χ4n) is 3.52. The van der Waals surface area contributed by atoms with E-state index in [1.54, 1.807) is 0 Å². The Morgan fingerprint density at radius 3 is 2.43 bits per heavy atom. The summed E-state index contributed by atoms with van der Waals surface area (Å²) in [4.78, 5) is 13.0. The molecule has 0 spiro atoms. The van der Waals surface area contributed by atoms with Crippen LogP contribution in [0, 0.1) is 13.8 Å². The fraction of sp³-hybridized carbons (Fsp3) is 0.174. The van der Waals surface area contributed by atoms with E-state index in [0.717, 1.165) is 43.7 Å². The third-order valence-electron chi connectivity index (χ3n) is 5.02. The maximum absolute atomic E-state index is 13.0. The first kappa shape index (κ1) is 20.6. The molecule has 5 nitrogen and oxygen atoms in total. The van der Waals surface area contributed by atoms with Crippen molar-refractivity contribution < 1.29 is 4.79 Å². The van der Waals surface area contributed by atoms with Crippen molar-refractivity contribution in [2.45, 2.75) is 19.0 Å². The topological polar surface area (TPSA) is 52.7 Å². The number of carbonyl (C=O) groups excluding carboxylic acids is 1. The van der Waals surface area contributed by atoms with E-state index < -0.39 is 0 Å². The molecule has 7 heteroatoms. The minimum Gasteiger partial charge on any atom is -0.318 e. The van der Waals surface area contributed by atoms with Crippen LogP contribution in [0.1, 0.15) is 21.7 Å². The van der Waals surface area contributed by atoms with Crippen molar-refractivity contribution in [3.05, 3.63) is 82.1 Å². The summed E-state index contributed by atoms with van der Waals surface area (Å²) in [5.41, 5.74) is 4.77. The minimum absolute atomic E-state index is 0.0840. The van der Waals surface area contributed by atoms with Crippen molar-refractivity contribution in [1.82, 2.24) is 19.3 Å². The highest BCUT2D eigenvalue weighted by atomic mass is 79.9. The maximum atomic E-state index is 13.0. The van der Waals surface area contributed by atoms with Crippen molar-refractivity contribution in [2.24, 2.45) is 7.05 Å². The molecule has 0 unspecified atom stereocenters. The van der Waals surface area contributed by atoms with Crippen LogP contribution in [0.4, 0.5) is 0 Å². The number of carbonyl (C=O) groups is 1. The number of halogens is 1. The Hall–Kier alpha value is -2.64. The number of aromatic nitrogens is 4. The highest BCUT2D eigenvalue weighted by Crippen LogP contribution is 2.26. The molecule has 2 heterocycles. The van der Waals surface area contributed by atoms with Gasteiger partial charge in [0, 0.05) is 39.7 Å². The summed E-state index contributed by atoms with van der Waals surface area (Å²) in [5.74, 6) is 1.19. The standard InChI is InChI=1S/C23H21BrN4OS/c1-15-13-20(16(2)28(15)19-11-9-18(24)10-12-19)21(29)14-30-23-26-25-22(27(23)3)17-7-5-4-6-8-17/h4-13H,14H2,1-3H3. The molecule has 30 heavy (non-hydrogen) atoms. The fourth-order valence-corrected chi connectivity index (χ4v) is 4.58. The van der Waals surface area contributed by atoms with Crippen LogP contribution in [0.2, 0.25) is 0 Å². The number of nitrogens with zero attached hydrogens (tertiary/aromatic N) is 4. The third-order valence-corrected chi connectivity index (χ3v) is 6.56. The molecule has 0 bridgehead atoms. The van der Waals surface area contributed by atoms with E-state index in [2.05, 4.69) is 30.7 Å². The van der Waals surface area contributed by atoms with Gasteiger partial charge in [-0.25, -0.2) is 0 Å². The predicted octanol–water partition coefficient (Wildman–Crippen LogP) is 5.63. The SMILES string of the molecule is Cc1cc(C(=O)CSc2nnc(-c3ccccc3)n2C)c(C)n1-c1ccc(Br)cc1. The van der Waals surface area contributed by atoms with Crippen LogP contribution in [0.15, 0.2) is 70.3 Å². The first-order valence-corrected chi connectivity index (χ1v) is 11.3. The van der Waals surface area contributed by atoms with E-state index in [1.807, 2.05) is 86.1 Å². The molecule has 4 aromatic rings. The lowest BCUT2D eigenvalue weighted by atomic mass is 10.2. The van der Waals surface area contributed by atoms with Crippen LogP contribution in [0.25, 0.3) is 17.1 Å². The molecular formula is C23H21BrN4OS. The van der Waals surface area contributed by atoms with E-state index in [0.29, 0.717) is 5.75 Å². The van der Waals surface area contributed by atoms with Crippen LogP contribution in [-0.4, -0.2) is 30.9 Å². The Morgan fingerprint density at radius 1 is 1.03 bits per heavy atom. The van der Waals surface area contributed by atoms with E-state index in [4.69, 9.17) is 0 Å². The molecule has 0 saturated carbocycles. The van der Waals surface area contributed by atoms with Crippen molar-refractivity contribution in [3.8, 4) is 17.1 Å². The number of Topliss-reactive ketones (excluding diaryl/α,β-unsaturated/α-hetero) is 1. The lowest BCUT2D eigenvalue weighted by Crippen LogP contribution is -2.06. The zero-order valence-electron chi connectivity index (χ0n) is 17.0. The van der Waals surface area contributed by atoms with Gasteiger partial charge in [0.05, 0.1) is 5.75 Å². The van der Waals surface area contributed by atoms with Crippen molar-refractivity contribution in [1.29, 1.82) is 0 Å². The minimum atomic E-state index is 0.0840. The van der Waals surface area contributed by atoms with Gasteiger partial charge in [0.2, 0.25) is 0 Å². The number of aryl methyl sites for hydroxylation is 1. The Labute approximate surface area is 188 Å². The van der Waals surface area contributed by atoms with Gasteiger partial charge in [-0.3, -0.25) is 4.79 Å². The number of hydrogen-bond donors (Lipinski definition) is 0. The summed E-state index contributed by atoms with van der Waals surface area (Å²) < 4.78 is 5.07. The normalized spacial score (nSPS) is 11.1. The highest BCUT2D eigenvalue weighted by Gasteiger charge is 2.19. The largest absolute Gasteiger partial charge is 0.318 e. The maximum Gasteiger partial charge on any atom is 0.191 e. The molecule has 2 aromatic heterocycles. The second-order valence-corrected chi connectivity index (χ2v) is 8.90. The zero-order valence-corrected chi connectivity index (χ0v) is 19.4. The van der Waals surface area contributed by atoms with E-state index in [1.165, 1.54) is 11.8 Å². The van der Waals surface area contributed by atoms with Gasteiger partial charge in [0.15, 0.2) is 16.8 Å². The Morgan fingerprint density at radius 2 is 1.73 bits per heavy atom. The molecule has 152 valence electrons. The van der Waals surface area contributed by atoms with Crippen molar-refractivity contribution >= 4 is 33.5 Å². The van der Waals surface area contributed by atoms with Crippen LogP contribution in [-0.2, 0) is 7.05 Å². The summed E-state index contributed by atoms with van der Waals surface area (Å²) in [6.45, 7) is 4.01. The second kappa shape index (κ2) is 8.62. The van der Waals surface area contributed by atoms with Crippen molar-refractivity contribution in [2.75, 3.05) is 5.75 Å². The summed E-state index contributed by atoms with van der Waals surface area (Å²) in [5, 5.41) is 9.29. The van der Waals surface area contributed by atoms with Crippen LogP contribution >= 0.6 is 27.7 Å². The smallest absolute Gasteiger partial charge is 0.191 e. The molecule has 0 radical (unpaired) electrons. The third kappa shape index (κ3) is 4.00. The second-order valence-electron chi connectivity index (χ2n) is 7.04. The molecular weight excluding hydrogens is 460 g/mol. The molecule has 0 aliphatic rings. The molecule has 0 saturated heterocycles. The van der Waals surface area contributed by atoms with E-state index in [9.17, 15) is 4.79 Å². The van der Waals surface area contributed by atoms with Gasteiger partial charge < -0.3 is 9.13 Å². The van der Waals surface area contributed by atoms with Gasteiger partial charge in [0.1, 0.15) is 0 Å². The summed E-state index contributed by atoms with van der Waals surface area (Å²) in [6, 6.07) is 20.0. The van der Waals surface area contributed by atoms with Crippen molar-refractivity contribution in [3.63, 3.8) is 0 Å². The van der Waals surface area contributed by atoms with Gasteiger partial charge in [-0.2, -0.15) is 0 Å². The summed E-state index contributed by atoms with van der Waals surface area (Å²) in [6.07, 6.45) is 0. The number of hydrogen-bond acceptors (Lipinski definition) is 4. The lowest BCUT2D eigenvalue weighted by Gasteiger charge is -2.10. The Kier molecular flexibility index (Phi) is 5.92. The molecule has 0 aliphatic heterocycles. The highest BCUT2D eigenvalue weighted by molar-refractivity contribution is 9.10. The van der Waals surface area contributed by atoms with Gasteiger partial charge in [0.25, 0.3) is 0 Å². The van der Waals surface area contributed by atoms with Crippen LogP contribution < -0.4 is 0 Å². The lowest BCUT2D eigenvalue weighted by molar-refractivity contribution is 0.102. The number of ketones is 1. The van der Waals surface area contributed by atoms with Gasteiger partial charge in [-0.1, -0.05) is 58.0 Å². The Bertz CT molecular complexity index is 1200. The number of benzene rings is 2. The molecule has 0 atom stereocenters. The average Bonchev–Trinajstić information content (AvgIpc) is 3.26. The number of rotatable bonds is 6. The van der Waals surface area contributed by atoms with Gasteiger partial charge in [-0.05, 0) is 44.2 Å². The zero-order chi connectivity index (χ0) is 21.3. The first-order chi connectivity index (χ1) is 14.5. The summed E-state index contributed by atoms with van der Waals surface area (Å²) in [7, 11) is 1.93. The molecule has 2 aromatic carbocycles. The predicted molar refractivity (Wildman–Crippen MR) is 124 cm³/mol. The average molecular weight is 481 g/mol. The van der Waals surface area contributed by atoms with E-state index >= 15 is 0 Å². The van der Waals surface area contributed by atoms with Crippen LogP contribution in [0.3, 0.4) is 0 Å². The quantitative estimate of drug-likeness (QED) is 0.265. The molecule has 0 amide bonds. The number of thioether (sulfide) groups is 1. The summed E-state index contributed by atoms with van der Waals surface area (Å²) >= 11 is 4.88. The first-order valence-electron chi connectivity index (χ1n) is 9.51. The Balaban J connectivity index is 1.52. The van der Waals surface area contributed by atoms with Crippen LogP contribution in [0.5, 0.6) is 0 Å².